The summed E-state index contributed by atoms with van der Waals surface area (Å²) in [4.78, 5) is 11.7. The number of nitrogens with one attached hydrogen (secondary N) is 2. The van der Waals surface area contributed by atoms with Crippen molar-refractivity contribution < 1.29 is 9.53 Å². The highest BCUT2D eigenvalue weighted by Gasteiger charge is 2.05. The quantitative estimate of drug-likeness (QED) is 0.878. The normalized spacial score (nSPS) is 10.8. The second kappa shape index (κ2) is 8.21. The van der Waals surface area contributed by atoms with Gasteiger partial charge in [0.15, 0.2) is 0 Å². The molecule has 2 N–H and O–H groups in total. The Morgan fingerprint density at radius 1 is 1.17 bits per heavy atom. The minimum Gasteiger partial charge on any atom is -0.457 e. The van der Waals surface area contributed by atoms with E-state index >= 15 is 0 Å². The lowest BCUT2D eigenvalue weighted by Gasteiger charge is -2.10. The lowest BCUT2D eigenvalue weighted by Crippen LogP contribution is -2.31. The number of nitriles is 2. The van der Waals surface area contributed by atoms with Gasteiger partial charge in [-0.3, -0.25) is 0 Å². The minimum atomic E-state index is -0.368. The van der Waals surface area contributed by atoms with E-state index in [0.717, 1.165) is 0 Å². The number of rotatable bonds is 5. The Morgan fingerprint density at radius 3 is 2.58 bits per heavy atom. The third kappa shape index (κ3) is 5.04. The van der Waals surface area contributed by atoms with E-state index in [4.69, 9.17) is 15.3 Å². The molecule has 6 heteroatoms. The Morgan fingerprint density at radius 2 is 1.92 bits per heavy atom. The van der Waals surface area contributed by atoms with Crippen LogP contribution in [0.15, 0.2) is 48.5 Å². The van der Waals surface area contributed by atoms with E-state index in [1.54, 1.807) is 55.5 Å². The summed E-state index contributed by atoms with van der Waals surface area (Å²) in [7, 11) is 0. The summed E-state index contributed by atoms with van der Waals surface area (Å²) >= 11 is 0. The van der Waals surface area contributed by atoms with Crippen molar-refractivity contribution in [3.8, 4) is 23.6 Å². The number of anilines is 1. The summed E-state index contributed by atoms with van der Waals surface area (Å²) in [6.45, 7) is 2.02. The maximum atomic E-state index is 11.7. The van der Waals surface area contributed by atoms with Gasteiger partial charge < -0.3 is 15.4 Å². The van der Waals surface area contributed by atoms with Crippen LogP contribution in [0.2, 0.25) is 0 Å². The SMILES string of the molecule is C[C@@H](C#N)CNC(=O)Nc1ccc(Oc2cccc(C#N)c2)cc1. The fraction of sp³-hybridized carbons (Fsp3) is 0.167. The van der Waals surface area contributed by atoms with Crippen LogP contribution in [0.4, 0.5) is 10.5 Å². The molecule has 0 aromatic heterocycles. The smallest absolute Gasteiger partial charge is 0.319 e. The second-order valence-electron chi connectivity index (χ2n) is 5.13. The average molecular weight is 320 g/mol. The van der Waals surface area contributed by atoms with Gasteiger partial charge in [0.1, 0.15) is 11.5 Å². The van der Waals surface area contributed by atoms with Crippen LogP contribution in [0.5, 0.6) is 11.5 Å². The number of urea groups is 1. The average Bonchev–Trinajstić information content (AvgIpc) is 2.61. The van der Waals surface area contributed by atoms with E-state index in [1.165, 1.54) is 0 Å². The molecule has 0 radical (unpaired) electrons. The summed E-state index contributed by atoms with van der Waals surface area (Å²) in [5, 5.41) is 22.8. The van der Waals surface area contributed by atoms with Gasteiger partial charge in [-0.1, -0.05) is 6.07 Å². The van der Waals surface area contributed by atoms with E-state index in [1.807, 2.05) is 6.07 Å². The Kier molecular flexibility index (Phi) is 5.76. The van der Waals surface area contributed by atoms with Gasteiger partial charge in [0.25, 0.3) is 0 Å². The van der Waals surface area contributed by atoms with Gasteiger partial charge in [-0.2, -0.15) is 10.5 Å². The zero-order valence-corrected chi connectivity index (χ0v) is 13.1. The van der Waals surface area contributed by atoms with Crippen LogP contribution >= 0.6 is 0 Å². The zero-order valence-electron chi connectivity index (χ0n) is 13.1. The molecule has 6 nitrogen and oxygen atoms in total. The van der Waals surface area contributed by atoms with Gasteiger partial charge in [-0.25, -0.2) is 4.79 Å². The van der Waals surface area contributed by atoms with Crippen LogP contribution in [0.1, 0.15) is 12.5 Å². The van der Waals surface area contributed by atoms with E-state index < -0.39 is 0 Å². The van der Waals surface area contributed by atoms with Crippen molar-refractivity contribution in [2.24, 2.45) is 5.92 Å². The molecule has 2 rings (SSSR count). The molecule has 2 aromatic carbocycles. The Bertz CT molecular complexity index is 788. The highest BCUT2D eigenvalue weighted by atomic mass is 16.5. The van der Waals surface area contributed by atoms with Crippen molar-refractivity contribution in [2.45, 2.75) is 6.92 Å². The standard InChI is InChI=1S/C18H16N4O2/c1-13(10-19)12-21-18(23)22-15-5-7-16(8-6-15)24-17-4-2-3-14(9-17)11-20/h2-9,13H,12H2,1H3,(H2,21,22,23)/t13-/m0/s1. The van der Waals surface area contributed by atoms with E-state index in [0.29, 0.717) is 29.3 Å². The molecule has 0 spiro atoms. The number of amides is 2. The number of ether oxygens (including phenoxy) is 1. The molecule has 0 aliphatic rings. The molecule has 0 aliphatic heterocycles. The van der Waals surface area contributed by atoms with Crippen LogP contribution in [-0.4, -0.2) is 12.6 Å². The molecule has 0 aliphatic carbocycles. The van der Waals surface area contributed by atoms with Crippen molar-refractivity contribution in [1.82, 2.24) is 5.32 Å². The van der Waals surface area contributed by atoms with Crippen molar-refractivity contribution in [2.75, 3.05) is 11.9 Å². The summed E-state index contributed by atoms with van der Waals surface area (Å²) in [5.41, 5.74) is 1.13. The van der Waals surface area contributed by atoms with Crippen molar-refractivity contribution in [3.05, 3.63) is 54.1 Å². The number of hydrogen-bond acceptors (Lipinski definition) is 4. The molecular formula is C18H16N4O2. The molecule has 0 fully saturated rings. The molecule has 2 amide bonds. The summed E-state index contributed by atoms with van der Waals surface area (Å²) in [6, 6.07) is 17.4. The van der Waals surface area contributed by atoms with Crippen LogP contribution in [0.3, 0.4) is 0 Å². The largest absolute Gasteiger partial charge is 0.457 e. The Labute approximate surface area is 140 Å². The first kappa shape index (κ1) is 16.9. The molecule has 0 saturated carbocycles. The first-order valence-corrected chi connectivity index (χ1v) is 7.33. The fourth-order valence-electron chi connectivity index (χ4n) is 1.84. The number of carbonyl (C=O) groups excluding carboxylic acids is 1. The molecule has 0 saturated heterocycles. The van der Waals surface area contributed by atoms with Crippen molar-refractivity contribution in [3.63, 3.8) is 0 Å². The van der Waals surface area contributed by atoms with Crippen molar-refractivity contribution >= 4 is 11.7 Å². The molecule has 24 heavy (non-hydrogen) atoms. The van der Waals surface area contributed by atoms with Crippen LogP contribution in [-0.2, 0) is 0 Å². The van der Waals surface area contributed by atoms with Gasteiger partial charge >= 0.3 is 6.03 Å². The molecule has 0 heterocycles. The van der Waals surface area contributed by atoms with Gasteiger partial charge in [-0.15, -0.1) is 0 Å². The number of nitrogens with zero attached hydrogens (tertiary/aromatic N) is 2. The third-order valence-corrected chi connectivity index (χ3v) is 3.10. The zero-order chi connectivity index (χ0) is 17.4. The number of benzene rings is 2. The minimum absolute atomic E-state index is 0.240. The molecule has 0 bridgehead atoms. The van der Waals surface area contributed by atoms with Crippen molar-refractivity contribution in [1.29, 1.82) is 10.5 Å². The molecule has 0 unspecified atom stereocenters. The van der Waals surface area contributed by atoms with Crippen LogP contribution < -0.4 is 15.4 Å². The first-order chi connectivity index (χ1) is 11.6. The third-order valence-electron chi connectivity index (χ3n) is 3.10. The van der Waals surface area contributed by atoms with E-state index in [-0.39, 0.29) is 11.9 Å². The van der Waals surface area contributed by atoms with Gasteiger partial charge in [-0.05, 0) is 49.4 Å². The molecular weight excluding hydrogens is 304 g/mol. The predicted octanol–water partition coefficient (Wildman–Crippen LogP) is 3.63. The summed E-state index contributed by atoms with van der Waals surface area (Å²) in [6.07, 6.45) is 0. The monoisotopic (exact) mass is 320 g/mol. The Hall–Kier alpha value is -3.51. The lowest BCUT2D eigenvalue weighted by molar-refractivity contribution is 0.251. The number of carbonyl (C=O) groups is 1. The van der Waals surface area contributed by atoms with E-state index in [2.05, 4.69) is 16.7 Å². The maximum absolute atomic E-state index is 11.7. The fourth-order valence-corrected chi connectivity index (χ4v) is 1.84. The van der Waals surface area contributed by atoms with Gasteiger partial charge in [0, 0.05) is 12.2 Å². The highest BCUT2D eigenvalue weighted by molar-refractivity contribution is 5.89. The topological polar surface area (TPSA) is 97.9 Å². The first-order valence-electron chi connectivity index (χ1n) is 7.33. The van der Waals surface area contributed by atoms with Gasteiger partial charge in [0.05, 0.1) is 23.6 Å². The molecule has 1 atom stereocenters. The maximum Gasteiger partial charge on any atom is 0.319 e. The summed E-state index contributed by atoms with van der Waals surface area (Å²) < 4.78 is 5.66. The second-order valence-corrected chi connectivity index (χ2v) is 5.13. The Balaban J connectivity index is 1.92. The molecule has 120 valence electrons. The highest BCUT2D eigenvalue weighted by Crippen LogP contribution is 2.23. The predicted molar refractivity (Wildman–Crippen MR) is 89.5 cm³/mol. The van der Waals surface area contributed by atoms with E-state index in [9.17, 15) is 4.79 Å². The summed E-state index contributed by atoms with van der Waals surface area (Å²) in [5.74, 6) is 0.919. The number of hydrogen-bond donors (Lipinski definition) is 2. The van der Waals surface area contributed by atoms with Crippen LogP contribution in [0, 0.1) is 28.6 Å². The molecule has 2 aromatic rings. The van der Waals surface area contributed by atoms with Gasteiger partial charge in [0.2, 0.25) is 0 Å². The van der Waals surface area contributed by atoms with Crippen LogP contribution in [0.25, 0.3) is 0 Å². The lowest BCUT2D eigenvalue weighted by atomic mass is 10.2.